The van der Waals surface area contributed by atoms with Crippen LogP contribution in [0.1, 0.15) is 25.0 Å². The Morgan fingerprint density at radius 1 is 0.938 bits per heavy atom. The molecule has 1 heteroatoms. The number of hydrogen-bond acceptors (Lipinski definition) is 1. The quantitative estimate of drug-likeness (QED) is 0.688. The molecule has 2 aromatic carbocycles. The Morgan fingerprint density at radius 2 is 1.75 bits per heavy atom. The molecular weight excluding hydrogens is 196 g/mol. The molecule has 16 heavy (non-hydrogen) atoms. The maximum Gasteiger partial charge on any atom is 0.127 e. The summed E-state index contributed by atoms with van der Waals surface area (Å²) in [6.45, 7) is 4.36. The minimum atomic E-state index is 0.981. The van der Waals surface area contributed by atoms with Gasteiger partial charge < -0.3 is 4.74 Å². The van der Waals surface area contributed by atoms with Crippen LogP contribution in [0.4, 0.5) is 0 Å². The third-order valence-electron chi connectivity index (χ3n) is 3.57. The van der Waals surface area contributed by atoms with E-state index in [4.69, 9.17) is 4.74 Å². The van der Waals surface area contributed by atoms with Gasteiger partial charge in [-0.1, -0.05) is 24.3 Å². The zero-order chi connectivity index (χ0) is 11.3. The number of allylic oxidation sites excluding steroid dienone is 2. The van der Waals surface area contributed by atoms with Gasteiger partial charge in [0.05, 0.1) is 7.11 Å². The molecule has 0 saturated heterocycles. The molecule has 2 aromatic rings. The van der Waals surface area contributed by atoms with Gasteiger partial charge in [0.15, 0.2) is 0 Å². The highest BCUT2D eigenvalue weighted by Gasteiger charge is 2.21. The van der Waals surface area contributed by atoms with E-state index < -0.39 is 0 Å². The fourth-order valence-corrected chi connectivity index (χ4v) is 2.60. The van der Waals surface area contributed by atoms with Crippen LogP contribution >= 0.6 is 0 Å². The standard InChI is InChI=1S/C15H14O/c1-9-10(2)14-13(16-3)8-7-11-5-4-6-12(9)15(11)14/h4-8H,1-3H3. The summed E-state index contributed by atoms with van der Waals surface area (Å²) in [5, 5.41) is 2.64. The van der Waals surface area contributed by atoms with Crippen LogP contribution < -0.4 is 4.74 Å². The Labute approximate surface area is 95.4 Å². The van der Waals surface area contributed by atoms with E-state index in [2.05, 4.69) is 44.2 Å². The minimum Gasteiger partial charge on any atom is -0.496 e. The SMILES string of the molecule is COc1ccc2cccc3c2c1C(C)=C3C. The normalized spacial score (nSPS) is 13.7. The number of methoxy groups -OCH3 is 1. The lowest BCUT2D eigenvalue weighted by Gasteiger charge is -2.08. The molecule has 0 radical (unpaired) electrons. The van der Waals surface area contributed by atoms with Crippen LogP contribution in [0.3, 0.4) is 0 Å². The first-order valence-electron chi connectivity index (χ1n) is 5.52. The summed E-state index contributed by atoms with van der Waals surface area (Å²) < 4.78 is 5.46. The molecule has 0 spiro atoms. The topological polar surface area (TPSA) is 9.23 Å². The van der Waals surface area contributed by atoms with Gasteiger partial charge in [-0.2, -0.15) is 0 Å². The van der Waals surface area contributed by atoms with E-state index in [0.29, 0.717) is 0 Å². The Balaban J connectivity index is 2.54. The van der Waals surface area contributed by atoms with Gasteiger partial charge >= 0.3 is 0 Å². The van der Waals surface area contributed by atoms with E-state index in [1.54, 1.807) is 7.11 Å². The van der Waals surface area contributed by atoms with Crippen molar-refractivity contribution in [2.24, 2.45) is 0 Å². The molecule has 0 fully saturated rings. The predicted molar refractivity (Wildman–Crippen MR) is 68.7 cm³/mol. The molecule has 0 saturated carbocycles. The van der Waals surface area contributed by atoms with Gasteiger partial charge in [-0.3, -0.25) is 0 Å². The van der Waals surface area contributed by atoms with E-state index in [1.165, 1.54) is 33.0 Å². The van der Waals surface area contributed by atoms with Gasteiger partial charge in [-0.25, -0.2) is 0 Å². The number of hydrogen-bond donors (Lipinski definition) is 0. The first kappa shape index (κ1) is 9.46. The summed E-state index contributed by atoms with van der Waals surface area (Å²) in [6.07, 6.45) is 0. The highest BCUT2D eigenvalue weighted by molar-refractivity contribution is 6.14. The molecule has 1 aliphatic carbocycles. The van der Waals surface area contributed by atoms with Crippen LogP contribution in [0, 0.1) is 0 Å². The van der Waals surface area contributed by atoms with Gasteiger partial charge in [-0.05, 0) is 42.0 Å². The lowest BCUT2D eigenvalue weighted by molar-refractivity contribution is 0.414. The molecule has 0 aromatic heterocycles. The lowest BCUT2D eigenvalue weighted by atomic mass is 10.0. The summed E-state index contributed by atoms with van der Waals surface area (Å²) in [7, 11) is 1.74. The molecule has 0 atom stereocenters. The first-order chi connectivity index (χ1) is 7.74. The molecule has 0 unspecified atom stereocenters. The molecule has 1 aliphatic rings. The van der Waals surface area contributed by atoms with Crippen LogP contribution in [0.5, 0.6) is 5.75 Å². The van der Waals surface area contributed by atoms with Crippen LogP contribution in [0.25, 0.3) is 21.9 Å². The maximum atomic E-state index is 5.46. The number of ether oxygens (including phenoxy) is 1. The van der Waals surface area contributed by atoms with Crippen LogP contribution in [-0.2, 0) is 0 Å². The summed E-state index contributed by atoms with van der Waals surface area (Å²) in [5.74, 6) is 0.981. The van der Waals surface area contributed by atoms with E-state index >= 15 is 0 Å². The molecule has 80 valence electrons. The summed E-state index contributed by atoms with van der Waals surface area (Å²) in [5.41, 5.74) is 5.32. The van der Waals surface area contributed by atoms with Crippen LogP contribution in [0.15, 0.2) is 30.3 Å². The lowest BCUT2D eigenvalue weighted by Crippen LogP contribution is -1.89. The van der Waals surface area contributed by atoms with Crippen molar-refractivity contribution in [3.8, 4) is 5.75 Å². The predicted octanol–water partition coefficient (Wildman–Crippen LogP) is 4.11. The molecule has 0 N–H and O–H groups in total. The minimum absolute atomic E-state index is 0.981. The Morgan fingerprint density at radius 3 is 2.50 bits per heavy atom. The van der Waals surface area contributed by atoms with Crippen LogP contribution in [-0.4, -0.2) is 7.11 Å². The summed E-state index contributed by atoms with van der Waals surface area (Å²) >= 11 is 0. The van der Waals surface area contributed by atoms with Crippen molar-refractivity contribution >= 4 is 21.9 Å². The average Bonchev–Trinajstić information content (AvgIpc) is 2.58. The van der Waals surface area contributed by atoms with Crippen molar-refractivity contribution in [1.29, 1.82) is 0 Å². The van der Waals surface area contributed by atoms with E-state index in [9.17, 15) is 0 Å². The van der Waals surface area contributed by atoms with Crippen molar-refractivity contribution < 1.29 is 4.74 Å². The van der Waals surface area contributed by atoms with Crippen molar-refractivity contribution in [2.45, 2.75) is 13.8 Å². The maximum absolute atomic E-state index is 5.46. The van der Waals surface area contributed by atoms with E-state index in [1.807, 2.05) is 0 Å². The number of rotatable bonds is 1. The second-order valence-corrected chi connectivity index (χ2v) is 4.30. The molecule has 3 rings (SSSR count). The van der Waals surface area contributed by atoms with Gasteiger partial charge in [-0.15, -0.1) is 0 Å². The van der Waals surface area contributed by atoms with Crippen molar-refractivity contribution in [3.63, 3.8) is 0 Å². The molecule has 0 bridgehead atoms. The fraction of sp³-hybridized carbons (Fsp3) is 0.200. The fourth-order valence-electron chi connectivity index (χ4n) is 2.60. The Kier molecular flexibility index (Phi) is 1.84. The molecule has 0 heterocycles. The highest BCUT2D eigenvalue weighted by Crippen LogP contribution is 2.45. The largest absolute Gasteiger partial charge is 0.496 e. The Bertz CT molecular complexity index is 621. The monoisotopic (exact) mass is 210 g/mol. The molecule has 0 aliphatic heterocycles. The van der Waals surface area contributed by atoms with Gasteiger partial charge in [0.1, 0.15) is 5.75 Å². The van der Waals surface area contributed by atoms with Gasteiger partial charge in [0, 0.05) is 10.9 Å². The average molecular weight is 210 g/mol. The smallest absolute Gasteiger partial charge is 0.127 e. The van der Waals surface area contributed by atoms with Crippen LogP contribution in [0.2, 0.25) is 0 Å². The van der Waals surface area contributed by atoms with Crippen molar-refractivity contribution in [2.75, 3.05) is 7.11 Å². The zero-order valence-corrected chi connectivity index (χ0v) is 9.79. The van der Waals surface area contributed by atoms with Crippen molar-refractivity contribution in [1.82, 2.24) is 0 Å². The second kappa shape index (κ2) is 3.11. The zero-order valence-electron chi connectivity index (χ0n) is 9.79. The van der Waals surface area contributed by atoms with Gasteiger partial charge in [0.25, 0.3) is 0 Å². The van der Waals surface area contributed by atoms with Crippen molar-refractivity contribution in [3.05, 3.63) is 41.5 Å². The van der Waals surface area contributed by atoms with Gasteiger partial charge in [0.2, 0.25) is 0 Å². The third kappa shape index (κ3) is 1.00. The first-order valence-corrected chi connectivity index (χ1v) is 5.52. The molecule has 1 nitrogen and oxygen atoms in total. The summed E-state index contributed by atoms with van der Waals surface area (Å²) in [4.78, 5) is 0. The van der Waals surface area contributed by atoms with E-state index in [0.717, 1.165) is 5.75 Å². The number of benzene rings is 2. The summed E-state index contributed by atoms with van der Waals surface area (Å²) in [6, 6.07) is 10.7. The molecule has 0 amide bonds. The molecular formula is C15H14O. The van der Waals surface area contributed by atoms with E-state index in [-0.39, 0.29) is 0 Å². The third-order valence-corrected chi connectivity index (χ3v) is 3.57. The second-order valence-electron chi connectivity index (χ2n) is 4.30. The Hall–Kier alpha value is -1.76. The highest BCUT2D eigenvalue weighted by atomic mass is 16.5.